The van der Waals surface area contributed by atoms with E-state index in [-0.39, 0.29) is 27.8 Å². The first-order chi connectivity index (χ1) is 15.5. The molecule has 1 saturated carbocycles. The molecule has 1 aliphatic carbocycles. The Labute approximate surface area is 201 Å². The van der Waals surface area contributed by atoms with Crippen molar-refractivity contribution in [3.8, 4) is 5.69 Å². The normalized spacial score (nSPS) is 18.6. The molecule has 2 aromatic rings. The van der Waals surface area contributed by atoms with Crippen molar-refractivity contribution < 1.29 is 14.3 Å². The molecular formula is C21H28Cl2N6O4. The molecule has 0 saturated heterocycles. The molecule has 180 valence electrons. The molecule has 0 radical (unpaired) electrons. The Bertz CT molecular complexity index is 1050. The smallest absolute Gasteiger partial charge is 0.407 e. The summed E-state index contributed by atoms with van der Waals surface area (Å²) in [6.45, 7) is 7.66. The third kappa shape index (κ3) is 5.86. The molecule has 0 unspecified atom stereocenters. The Kier molecular flexibility index (Phi) is 7.69. The summed E-state index contributed by atoms with van der Waals surface area (Å²) in [5, 5.41) is 10.9. The number of nitrogens with zero attached hydrogens (tertiary/aromatic N) is 5. The number of hydrogen-bond donors (Lipinski definition) is 1. The van der Waals surface area contributed by atoms with E-state index in [0.29, 0.717) is 36.9 Å². The maximum atomic E-state index is 13.1. The summed E-state index contributed by atoms with van der Waals surface area (Å²) in [5.41, 5.74) is -1.15. The topological polar surface area (TPSA) is 111 Å². The van der Waals surface area contributed by atoms with Crippen LogP contribution in [0.25, 0.3) is 5.69 Å². The maximum Gasteiger partial charge on any atom is 0.407 e. The van der Waals surface area contributed by atoms with Gasteiger partial charge in [-0.05, 0) is 75.9 Å². The van der Waals surface area contributed by atoms with Crippen LogP contribution < -0.4 is 11.0 Å². The van der Waals surface area contributed by atoms with Crippen LogP contribution in [0.3, 0.4) is 0 Å². The van der Waals surface area contributed by atoms with Crippen LogP contribution in [0, 0.1) is 0 Å². The van der Waals surface area contributed by atoms with E-state index in [0.717, 1.165) is 4.68 Å². The number of aromatic nitrogens is 4. The number of carbonyl (C=O) groups excluding carboxylic acids is 2. The minimum Gasteiger partial charge on any atom is -0.444 e. The number of amides is 2. The quantitative estimate of drug-likeness (QED) is 0.640. The molecule has 33 heavy (non-hydrogen) atoms. The fourth-order valence-electron chi connectivity index (χ4n) is 3.88. The second-order valence-electron chi connectivity index (χ2n) is 8.88. The highest BCUT2D eigenvalue weighted by Crippen LogP contribution is 2.27. The highest BCUT2D eigenvalue weighted by molar-refractivity contribution is 6.37. The van der Waals surface area contributed by atoms with Gasteiger partial charge in [0.15, 0.2) is 0 Å². The van der Waals surface area contributed by atoms with E-state index in [2.05, 4.69) is 15.7 Å². The highest BCUT2D eigenvalue weighted by atomic mass is 35.5. The van der Waals surface area contributed by atoms with Gasteiger partial charge in [0.25, 0.3) is 0 Å². The molecule has 2 amide bonds. The molecule has 0 spiro atoms. The lowest BCUT2D eigenvalue weighted by molar-refractivity contribution is 0.0481. The van der Waals surface area contributed by atoms with Crippen LogP contribution in [0.4, 0.5) is 9.59 Å². The summed E-state index contributed by atoms with van der Waals surface area (Å²) >= 11 is 12.3. The van der Waals surface area contributed by atoms with Gasteiger partial charge in [-0.25, -0.2) is 14.4 Å². The minimum atomic E-state index is -0.756. The fraction of sp³-hybridized carbons (Fsp3) is 0.571. The number of ether oxygens (including phenoxy) is 1. The van der Waals surface area contributed by atoms with Crippen molar-refractivity contribution in [2.75, 3.05) is 6.54 Å². The number of carbonyl (C=O) groups is 2. The first kappa shape index (κ1) is 25.0. The molecule has 12 heteroatoms. The second kappa shape index (κ2) is 10.1. The van der Waals surface area contributed by atoms with Crippen molar-refractivity contribution in [2.45, 2.75) is 71.1 Å². The maximum absolute atomic E-state index is 13.1. The van der Waals surface area contributed by atoms with Crippen LogP contribution in [-0.2, 0) is 4.74 Å². The Hall–Kier alpha value is -2.59. The lowest BCUT2D eigenvalue weighted by atomic mass is 9.90. The summed E-state index contributed by atoms with van der Waals surface area (Å²) in [7, 11) is 0. The molecule has 1 heterocycles. The van der Waals surface area contributed by atoms with Gasteiger partial charge in [-0.3, -0.25) is 0 Å². The van der Waals surface area contributed by atoms with Crippen LogP contribution in [-0.4, -0.2) is 61.0 Å². The number of nitrogens with one attached hydrogen (secondary N) is 1. The molecule has 0 bridgehead atoms. The standard InChI is InChI=1S/C21H28Cl2N6O4/c1-5-27(14-11-9-13(10-12-14)24-18(30)33-21(2,3)4)19(31)29-20(32)28(25-26-29)17-15(22)7-6-8-16(17)23/h6-8,13-14H,5,9-12H2,1-4H3,(H,24,30). The molecule has 1 fully saturated rings. The van der Waals surface area contributed by atoms with E-state index in [4.69, 9.17) is 27.9 Å². The first-order valence-electron chi connectivity index (χ1n) is 10.8. The molecule has 10 nitrogen and oxygen atoms in total. The van der Waals surface area contributed by atoms with Gasteiger partial charge in [-0.1, -0.05) is 29.3 Å². The fourth-order valence-corrected chi connectivity index (χ4v) is 4.43. The van der Waals surface area contributed by atoms with Gasteiger partial charge in [0.05, 0.1) is 10.0 Å². The summed E-state index contributed by atoms with van der Waals surface area (Å²) < 4.78 is 6.94. The average molecular weight is 499 g/mol. The number of tetrazole rings is 1. The number of para-hydroxylation sites is 1. The van der Waals surface area contributed by atoms with Crippen molar-refractivity contribution >= 4 is 35.3 Å². The van der Waals surface area contributed by atoms with Gasteiger partial charge in [0.2, 0.25) is 0 Å². The van der Waals surface area contributed by atoms with E-state index in [9.17, 15) is 14.4 Å². The Morgan fingerprint density at radius 1 is 1.15 bits per heavy atom. The zero-order valence-electron chi connectivity index (χ0n) is 19.0. The van der Waals surface area contributed by atoms with Gasteiger partial charge in [-0.2, -0.15) is 4.68 Å². The van der Waals surface area contributed by atoms with Crippen LogP contribution in [0.1, 0.15) is 53.4 Å². The lowest BCUT2D eigenvalue weighted by Crippen LogP contribution is -2.49. The highest BCUT2D eigenvalue weighted by Gasteiger charge is 2.32. The van der Waals surface area contributed by atoms with Gasteiger partial charge in [0, 0.05) is 18.6 Å². The Morgan fingerprint density at radius 3 is 2.30 bits per heavy atom. The van der Waals surface area contributed by atoms with Crippen LogP contribution in [0.2, 0.25) is 10.0 Å². The third-order valence-electron chi connectivity index (χ3n) is 5.36. The number of halogens is 2. The first-order valence-corrected chi connectivity index (χ1v) is 11.6. The number of hydrogen-bond acceptors (Lipinski definition) is 6. The molecule has 1 aliphatic rings. The van der Waals surface area contributed by atoms with Crippen molar-refractivity contribution in [3.63, 3.8) is 0 Å². The van der Waals surface area contributed by atoms with Gasteiger partial charge >= 0.3 is 17.8 Å². The van der Waals surface area contributed by atoms with E-state index in [1.807, 2.05) is 27.7 Å². The molecular weight excluding hydrogens is 471 g/mol. The van der Waals surface area contributed by atoms with Gasteiger partial charge in [0.1, 0.15) is 11.3 Å². The monoisotopic (exact) mass is 498 g/mol. The molecule has 1 aromatic carbocycles. The van der Waals surface area contributed by atoms with Crippen molar-refractivity contribution in [1.82, 2.24) is 30.0 Å². The molecule has 1 aromatic heterocycles. The SMILES string of the molecule is CCN(C(=O)n1nnn(-c2c(Cl)cccc2Cl)c1=O)C1CCC(NC(=O)OC(C)(C)C)CC1. The summed E-state index contributed by atoms with van der Waals surface area (Å²) in [6, 6.07) is 4.08. The van der Waals surface area contributed by atoms with E-state index in [1.165, 1.54) is 0 Å². The van der Waals surface area contributed by atoms with Crippen LogP contribution in [0.15, 0.2) is 23.0 Å². The Balaban J connectivity index is 1.69. The van der Waals surface area contributed by atoms with Crippen LogP contribution in [0.5, 0.6) is 0 Å². The van der Waals surface area contributed by atoms with Crippen molar-refractivity contribution in [3.05, 3.63) is 38.7 Å². The summed E-state index contributed by atoms with van der Waals surface area (Å²) in [5.74, 6) is 0. The average Bonchev–Trinajstić information content (AvgIpc) is 3.09. The third-order valence-corrected chi connectivity index (χ3v) is 5.97. The largest absolute Gasteiger partial charge is 0.444 e. The summed E-state index contributed by atoms with van der Waals surface area (Å²) in [6.07, 6.45) is 2.25. The van der Waals surface area contributed by atoms with Gasteiger partial charge < -0.3 is 15.0 Å². The number of rotatable bonds is 4. The van der Waals surface area contributed by atoms with E-state index < -0.39 is 23.4 Å². The molecule has 3 rings (SSSR count). The summed E-state index contributed by atoms with van der Waals surface area (Å²) in [4.78, 5) is 39.6. The number of alkyl carbamates (subject to hydrolysis) is 1. The predicted octanol–water partition coefficient (Wildman–Crippen LogP) is 3.86. The lowest BCUT2D eigenvalue weighted by Gasteiger charge is -2.36. The predicted molar refractivity (Wildman–Crippen MR) is 124 cm³/mol. The second-order valence-corrected chi connectivity index (χ2v) is 9.69. The minimum absolute atomic E-state index is 0.0316. The van der Waals surface area contributed by atoms with E-state index in [1.54, 1.807) is 23.1 Å². The Morgan fingerprint density at radius 2 is 1.76 bits per heavy atom. The zero-order valence-corrected chi connectivity index (χ0v) is 20.6. The van der Waals surface area contributed by atoms with Crippen LogP contribution >= 0.6 is 23.2 Å². The molecule has 0 atom stereocenters. The molecule has 0 aliphatic heterocycles. The number of benzene rings is 1. The van der Waals surface area contributed by atoms with Crippen molar-refractivity contribution in [2.24, 2.45) is 0 Å². The zero-order chi connectivity index (χ0) is 24.3. The van der Waals surface area contributed by atoms with E-state index >= 15 is 0 Å². The van der Waals surface area contributed by atoms with Crippen molar-refractivity contribution in [1.29, 1.82) is 0 Å². The van der Waals surface area contributed by atoms with Gasteiger partial charge in [-0.15, -0.1) is 4.68 Å². The molecule has 1 N–H and O–H groups in total.